The Balaban J connectivity index is 1.71. The summed E-state index contributed by atoms with van der Waals surface area (Å²) in [6.07, 6.45) is -2.47. The lowest BCUT2D eigenvalue weighted by molar-refractivity contribution is -0.153. The first-order valence-corrected chi connectivity index (χ1v) is 15.5. The topological polar surface area (TPSA) is 322 Å². The number of Topliss-reactive ketones (excluding diaryl/α,β-unsaturated/α-hetero) is 1. The van der Waals surface area contributed by atoms with E-state index in [1.54, 1.807) is 0 Å². The predicted octanol–water partition coefficient (Wildman–Crippen LogP) is -0.753. The third-order valence-electron chi connectivity index (χ3n) is 7.50. The molecule has 3 rings (SSSR count). The van der Waals surface area contributed by atoms with Crippen molar-refractivity contribution in [1.29, 1.82) is 10.8 Å². The standard InChI is InChI=1S/C31H38N10O12/c1-50-29(48)52-40(27(32)33)20-9-7-18(8-10-20)24(45)37-16-22(42)31(26(47)39(14-13-38-31)17-23(43)44)11-4-12-36-25(46)19-5-3-6-21(15-19)41(28(34)35)53-30(49)51-2/h3,5-10,15,38H,4,11-14,16-17H2,1-2H3,(H3,32,33)(H3,34,35)(H,36,46)(H,37,45)(H,43,44). The number of amides is 3. The molecule has 0 radical (unpaired) electrons. The molecule has 1 aliphatic rings. The highest BCUT2D eigenvalue weighted by Crippen LogP contribution is 2.23. The Bertz CT molecular complexity index is 1750. The van der Waals surface area contributed by atoms with Crippen molar-refractivity contribution in [2.75, 3.05) is 57.1 Å². The van der Waals surface area contributed by atoms with Crippen LogP contribution in [0, 0.1) is 10.8 Å². The number of carbonyl (C=O) groups is 7. The minimum Gasteiger partial charge on any atom is -0.480 e. The second kappa shape index (κ2) is 18.3. The minimum atomic E-state index is -1.95. The Morgan fingerprint density at radius 2 is 1.47 bits per heavy atom. The molecule has 53 heavy (non-hydrogen) atoms. The second-order valence-corrected chi connectivity index (χ2v) is 11.0. The molecule has 0 bridgehead atoms. The van der Waals surface area contributed by atoms with Gasteiger partial charge in [-0.1, -0.05) is 6.07 Å². The lowest BCUT2D eigenvalue weighted by Gasteiger charge is -2.41. The van der Waals surface area contributed by atoms with Gasteiger partial charge in [-0.2, -0.15) is 0 Å². The van der Waals surface area contributed by atoms with E-state index in [4.69, 9.17) is 32.0 Å². The molecular weight excluding hydrogens is 704 g/mol. The van der Waals surface area contributed by atoms with Crippen LogP contribution in [0.2, 0.25) is 0 Å². The summed E-state index contributed by atoms with van der Waals surface area (Å²) in [5.41, 5.74) is 9.26. The van der Waals surface area contributed by atoms with Crippen molar-refractivity contribution in [3.8, 4) is 0 Å². The van der Waals surface area contributed by atoms with Gasteiger partial charge in [0, 0.05) is 30.8 Å². The van der Waals surface area contributed by atoms with E-state index in [2.05, 4.69) is 25.4 Å². The molecule has 22 nitrogen and oxygen atoms in total. The maximum Gasteiger partial charge on any atom is 0.533 e. The summed E-state index contributed by atoms with van der Waals surface area (Å²) in [6, 6.07) is 10.8. The van der Waals surface area contributed by atoms with E-state index in [0.29, 0.717) is 10.1 Å². The number of rotatable bonds is 13. The number of carboxylic acid groups (broad SMARTS) is 1. The third kappa shape index (κ3) is 10.5. The van der Waals surface area contributed by atoms with Gasteiger partial charge in [0.2, 0.25) is 11.9 Å². The molecule has 2 aromatic rings. The normalized spacial score (nSPS) is 14.9. The van der Waals surface area contributed by atoms with Crippen molar-refractivity contribution >= 4 is 65.1 Å². The number of nitrogens with two attached hydrogens (primary N) is 2. The van der Waals surface area contributed by atoms with Crippen LogP contribution in [-0.2, 0) is 33.5 Å². The zero-order valence-electron chi connectivity index (χ0n) is 28.5. The Morgan fingerprint density at radius 1 is 0.887 bits per heavy atom. The molecule has 1 heterocycles. The van der Waals surface area contributed by atoms with Crippen LogP contribution < -0.4 is 37.5 Å². The Labute approximate surface area is 301 Å². The second-order valence-electron chi connectivity index (χ2n) is 11.0. The summed E-state index contributed by atoms with van der Waals surface area (Å²) < 4.78 is 8.81. The van der Waals surface area contributed by atoms with Gasteiger partial charge in [-0.05, 0) is 55.3 Å². The molecule has 3 amide bonds. The fourth-order valence-corrected chi connectivity index (χ4v) is 5.02. The molecule has 0 saturated carbocycles. The van der Waals surface area contributed by atoms with E-state index >= 15 is 0 Å². The summed E-state index contributed by atoms with van der Waals surface area (Å²) in [5, 5.41) is 33.9. The van der Waals surface area contributed by atoms with Crippen LogP contribution in [0.15, 0.2) is 48.5 Å². The first-order valence-electron chi connectivity index (χ1n) is 15.5. The van der Waals surface area contributed by atoms with Crippen LogP contribution in [0.3, 0.4) is 0 Å². The molecule has 284 valence electrons. The van der Waals surface area contributed by atoms with E-state index in [9.17, 15) is 38.7 Å². The lowest BCUT2D eigenvalue weighted by atomic mass is 9.84. The molecule has 22 heteroatoms. The number of anilines is 2. The monoisotopic (exact) mass is 742 g/mol. The van der Waals surface area contributed by atoms with Crippen LogP contribution in [0.25, 0.3) is 0 Å². The lowest BCUT2D eigenvalue weighted by Crippen LogP contribution is -2.70. The summed E-state index contributed by atoms with van der Waals surface area (Å²) in [4.78, 5) is 98.5. The smallest absolute Gasteiger partial charge is 0.480 e. The average Bonchev–Trinajstić information content (AvgIpc) is 3.14. The summed E-state index contributed by atoms with van der Waals surface area (Å²) in [7, 11) is 2.11. The number of nitrogens with zero attached hydrogens (tertiary/aromatic N) is 3. The van der Waals surface area contributed by atoms with Crippen molar-refractivity contribution < 1.29 is 57.8 Å². The zero-order valence-corrected chi connectivity index (χ0v) is 28.5. The number of hydrogen-bond acceptors (Lipinski definition) is 14. The van der Waals surface area contributed by atoms with E-state index in [-0.39, 0.29) is 55.0 Å². The molecule has 1 atom stereocenters. The average molecular weight is 743 g/mol. The first kappa shape index (κ1) is 40.5. The number of piperazine rings is 1. The van der Waals surface area contributed by atoms with Crippen molar-refractivity contribution in [2.24, 2.45) is 11.5 Å². The molecular formula is C31H38N10O12. The van der Waals surface area contributed by atoms with Gasteiger partial charge in [0.1, 0.15) is 6.54 Å². The number of guanidine groups is 2. The number of hydrogen-bond donors (Lipinski definition) is 8. The van der Waals surface area contributed by atoms with E-state index in [0.717, 1.165) is 19.1 Å². The van der Waals surface area contributed by atoms with Crippen molar-refractivity contribution in [3.63, 3.8) is 0 Å². The summed E-state index contributed by atoms with van der Waals surface area (Å²) >= 11 is 0. The van der Waals surface area contributed by atoms with Crippen LogP contribution in [-0.4, -0.2) is 116 Å². The summed E-state index contributed by atoms with van der Waals surface area (Å²) in [5.74, 6) is -5.57. The number of ketones is 1. The maximum atomic E-state index is 13.7. The minimum absolute atomic E-state index is 0.000106. The van der Waals surface area contributed by atoms with Crippen molar-refractivity contribution in [1.82, 2.24) is 20.9 Å². The van der Waals surface area contributed by atoms with Gasteiger partial charge in [0.15, 0.2) is 11.3 Å². The maximum absolute atomic E-state index is 13.7. The SMILES string of the molecule is COC(=O)ON(C(=N)N)c1ccc(C(=O)NCC(=O)C2(CCCNC(=O)c3cccc(N(OC(=O)OC)C(=N)N)c3)NCCN(CC(=O)O)C2=O)cc1. The molecule has 2 aromatic carbocycles. The molecule has 1 fully saturated rings. The summed E-state index contributed by atoms with van der Waals surface area (Å²) in [6.45, 7) is -1.32. The number of ether oxygens (including phenoxy) is 2. The molecule has 1 unspecified atom stereocenters. The number of carboxylic acids is 1. The van der Waals surface area contributed by atoms with Crippen molar-refractivity contribution in [2.45, 2.75) is 18.4 Å². The zero-order chi connectivity index (χ0) is 39.3. The predicted molar refractivity (Wildman–Crippen MR) is 183 cm³/mol. The van der Waals surface area contributed by atoms with Gasteiger partial charge < -0.3 is 41.6 Å². The van der Waals surface area contributed by atoms with Gasteiger partial charge in [0.05, 0.1) is 32.1 Å². The molecule has 0 aliphatic carbocycles. The van der Waals surface area contributed by atoms with E-state index < -0.39 is 72.3 Å². The van der Waals surface area contributed by atoms with Crippen LogP contribution in [0.1, 0.15) is 33.6 Å². The van der Waals surface area contributed by atoms with Crippen LogP contribution in [0.4, 0.5) is 21.0 Å². The molecule has 1 saturated heterocycles. The van der Waals surface area contributed by atoms with E-state index in [1.807, 2.05) is 0 Å². The number of hydroxylamine groups is 2. The van der Waals surface area contributed by atoms with E-state index in [1.165, 1.54) is 48.5 Å². The Hall–Kier alpha value is -6.97. The largest absolute Gasteiger partial charge is 0.533 e. The molecule has 0 spiro atoms. The highest BCUT2D eigenvalue weighted by atomic mass is 16.8. The van der Waals surface area contributed by atoms with Gasteiger partial charge in [0.25, 0.3) is 17.7 Å². The van der Waals surface area contributed by atoms with Crippen LogP contribution in [0.5, 0.6) is 0 Å². The fourth-order valence-electron chi connectivity index (χ4n) is 5.02. The first-order chi connectivity index (χ1) is 25.1. The van der Waals surface area contributed by atoms with Gasteiger partial charge in [-0.3, -0.25) is 49.8 Å². The quantitative estimate of drug-likeness (QED) is 0.0312. The Morgan fingerprint density at radius 3 is 2.04 bits per heavy atom. The molecule has 0 aromatic heterocycles. The van der Waals surface area contributed by atoms with Gasteiger partial charge >= 0.3 is 18.3 Å². The fraction of sp³-hybridized carbons (Fsp3) is 0.323. The van der Waals surface area contributed by atoms with Crippen molar-refractivity contribution in [3.05, 3.63) is 59.7 Å². The van der Waals surface area contributed by atoms with Crippen LogP contribution >= 0.6 is 0 Å². The Kier molecular flexibility index (Phi) is 14.0. The van der Waals surface area contributed by atoms with Gasteiger partial charge in [-0.15, -0.1) is 10.1 Å². The highest BCUT2D eigenvalue weighted by Gasteiger charge is 2.49. The number of carbonyl (C=O) groups excluding carboxylic acids is 6. The number of aliphatic carboxylic acids is 1. The van der Waals surface area contributed by atoms with Gasteiger partial charge in [-0.25, -0.2) is 9.59 Å². The molecule has 10 N–H and O–H groups in total. The number of methoxy groups -OCH3 is 2. The highest BCUT2D eigenvalue weighted by molar-refractivity contribution is 6.13. The number of nitrogens with one attached hydrogen (secondary N) is 5. The molecule has 1 aliphatic heterocycles. The number of benzene rings is 2. The third-order valence-corrected chi connectivity index (χ3v) is 7.50.